The molecule has 1 aromatic carbocycles. The predicted octanol–water partition coefficient (Wildman–Crippen LogP) is 3.52. The number of rotatable bonds is 3. The molecular formula is C14H18F3NO. The number of nitrogens with one attached hydrogen (secondary N) is 1. The van der Waals surface area contributed by atoms with E-state index in [4.69, 9.17) is 0 Å². The second kappa shape index (κ2) is 6.28. The van der Waals surface area contributed by atoms with Gasteiger partial charge in [-0.05, 0) is 49.9 Å². The number of hydrogen-bond donors (Lipinski definition) is 1. The summed E-state index contributed by atoms with van der Waals surface area (Å²) >= 11 is 0. The Morgan fingerprint density at radius 3 is 2.79 bits per heavy atom. The molecule has 1 aliphatic heterocycles. The molecule has 1 N–H and O–H groups in total. The predicted molar refractivity (Wildman–Crippen MR) is 67.0 cm³/mol. The zero-order chi connectivity index (χ0) is 13.7. The van der Waals surface area contributed by atoms with Crippen molar-refractivity contribution in [2.45, 2.75) is 32.0 Å². The van der Waals surface area contributed by atoms with E-state index in [1.165, 1.54) is 6.07 Å². The molecule has 0 saturated carbocycles. The van der Waals surface area contributed by atoms with Crippen molar-refractivity contribution in [3.8, 4) is 5.75 Å². The molecule has 2 nitrogen and oxygen atoms in total. The van der Waals surface area contributed by atoms with Gasteiger partial charge in [-0.15, -0.1) is 13.2 Å². The summed E-state index contributed by atoms with van der Waals surface area (Å²) in [7, 11) is 0. The number of para-hydroxylation sites is 1. The highest BCUT2D eigenvalue weighted by molar-refractivity contribution is 5.33. The average molecular weight is 273 g/mol. The van der Waals surface area contributed by atoms with Gasteiger partial charge < -0.3 is 10.1 Å². The molecule has 1 atom stereocenters. The maximum Gasteiger partial charge on any atom is 0.573 e. The maximum absolute atomic E-state index is 12.3. The van der Waals surface area contributed by atoms with Gasteiger partial charge >= 0.3 is 6.36 Å². The highest BCUT2D eigenvalue weighted by Gasteiger charge is 2.32. The van der Waals surface area contributed by atoms with E-state index in [0.717, 1.165) is 32.4 Å². The topological polar surface area (TPSA) is 21.3 Å². The zero-order valence-electron chi connectivity index (χ0n) is 10.7. The molecule has 2 rings (SSSR count). The van der Waals surface area contributed by atoms with Crippen molar-refractivity contribution in [3.63, 3.8) is 0 Å². The third-order valence-electron chi connectivity index (χ3n) is 3.36. The van der Waals surface area contributed by atoms with Crippen LogP contribution in [-0.2, 0) is 6.42 Å². The second-order valence-electron chi connectivity index (χ2n) is 4.93. The van der Waals surface area contributed by atoms with Crippen molar-refractivity contribution in [1.82, 2.24) is 5.32 Å². The van der Waals surface area contributed by atoms with Crippen LogP contribution in [0.15, 0.2) is 24.3 Å². The molecule has 1 saturated heterocycles. The van der Waals surface area contributed by atoms with E-state index < -0.39 is 6.36 Å². The van der Waals surface area contributed by atoms with Crippen LogP contribution in [0.25, 0.3) is 0 Å². The minimum atomic E-state index is -4.63. The molecule has 0 aliphatic carbocycles. The highest BCUT2D eigenvalue weighted by Crippen LogP contribution is 2.29. The summed E-state index contributed by atoms with van der Waals surface area (Å²) in [5, 5.41) is 3.32. The smallest absolute Gasteiger partial charge is 0.406 e. The highest BCUT2D eigenvalue weighted by atomic mass is 19.4. The maximum atomic E-state index is 12.3. The van der Waals surface area contributed by atoms with Crippen LogP contribution in [0.5, 0.6) is 5.75 Å². The van der Waals surface area contributed by atoms with Crippen molar-refractivity contribution in [1.29, 1.82) is 0 Å². The van der Waals surface area contributed by atoms with Crippen LogP contribution in [0.1, 0.15) is 24.8 Å². The van der Waals surface area contributed by atoms with Gasteiger partial charge in [0, 0.05) is 0 Å². The Morgan fingerprint density at radius 2 is 2.00 bits per heavy atom. The Labute approximate surface area is 111 Å². The molecule has 5 heteroatoms. The lowest BCUT2D eigenvalue weighted by molar-refractivity contribution is -0.274. The van der Waals surface area contributed by atoms with Crippen LogP contribution < -0.4 is 10.1 Å². The monoisotopic (exact) mass is 273 g/mol. The van der Waals surface area contributed by atoms with Gasteiger partial charge in [-0.2, -0.15) is 0 Å². The molecule has 1 heterocycles. The van der Waals surface area contributed by atoms with E-state index in [9.17, 15) is 13.2 Å². The first-order valence-corrected chi connectivity index (χ1v) is 6.59. The van der Waals surface area contributed by atoms with E-state index in [-0.39, 0.29) is 5.75 Å². The van der Waals surface area contributed by atoms with Crippen LogP contribution in [0.4, 0.5) is 13.2 Å². The Kier molecular flexibility index (Phi) is 4.69. The van der Waals surface area contributed by atoms with Crippen LogP contribution in [-0.4, -0.2) is 19.5 Å². The molecule has 0 spiro atoms. The summed E-state index contributed by atoms with van der Waals surface area (Å²) in [6, 6.07) is 6.41. The zero-order valence-corrected chi connectivity index (χ0v) is 10.7. The Balaban J connectivity index is 2.06. The summed E-state index contributed by atoms with van der Waals surface area (Å²) < 4.78 is 41.1. The summed E-state index contributed by atoms with van der Waals surface area (Å²) in [6.07, 6.45) is -0.693. The molecule has 1 aliphatic rings. The minimum Gasteiger partial charge on any atom is -0.406 e. The Bertz CT molecular complexity index is 398. The van der Waals surface area contributed by atoms with Gasteiger partial charge in [0.25, 0.3) is 0 Å². The van der Waals surface area contributed by atoms with Gasteiger partial charge in [0.05, 0.1) is 0 Å². The normalized spacial score (nSPS) is 20.9. The number of hydrogen-bond acceptors (Lipinski definition) is 2. The molecule has 0 unspecified atom stereocenters. The first kappa shape index (κ1) is 14.2. The van der Waals surface area contributed by atoms with Crippen molar-refractivity contribution in [3.05, 3.63) is 29.8 Å². The van der Waals surface area contributed by atoms with E-state index in [2.05, 4.69) is 10.1 Å². The van der Waals surface area contributed by atoms with E-state index in [0.29, 0.717) is 17.9 Å². The lowest BCUT2D eigenvalue weighted by Crippen LogP contribution is -2.23. The second-order valence-corrected chi connectivity index (χ2v) is 4.93. The fourth-order valence-electron chi connectivity index (χ4n) is 2.47. The number of ether oxygens (including phenoxy) is 1. The minimum absolute atomic E-state index is 0.0701. The van der Waals surface area contributed by atoms with Crippen molar-refractivity contribution in [2.24, 2.45) is 5.92 Å². The van der Waals surface area contributed by atoms with Crippen LogP contribution >= 0.6 is 0 Å². The summed E-state index contributed by atoms with van der Waals surface area (Å²) in [5.41, 5.74) is 0.633. The molecular weight excluding hydrogens is 255 g/mol. The Morgan fingerprint density at radius 1 is 1.21 bits per heavy atom. The van der Waals surface area contributed by atoms with Gasteiger partial charge in [-0.1, -0.05) is 24.6 Å². The molecule has 106 valence electrons. The largest absolute Gasteiger partial charge is 0.573 e. The molecule has 19 heavy (non-hydrogen) atoms. The van der Waals surface area contributed by atoms with Crippen LogP contribution in [0.2, 0.25) is 0 Å². The number of alkyl halides is 3. The van der Waals surface area contributed by atoms with Gasteiger partial charge in [0.2, 0.25) is 0 Å². The van der Waals surface area contributed by atoms with Crippen molar-refractivity contribution in [2.75, 3.05) is 13.1 Å². The van der Waals surface area contributed by atoms with Crippen molar-refractivity contribution >= 4 is 0 Å². The third kappa shape index (κ3) is 4.74. The molecule has 1 aromatic rings. The van der Waals surface area contributed by atoms with Crippen molar-refractivity contribution < 1.29 is 17.9 Å². The summed E-state index contributed by atoms with van der Waals surface area (Å²) in [6.45, 7) is 1.86. The summed E-state index contributed by atoms with van der Waals surface area (Å²) in [4.78, 5) is 0. The fraction of sp³-hybridized carbons (Fsp3) is 0.571. The summed E-state index contributed by atoms with van der Waals surface area (Å²) in [5.74, 6) is 0.305. The molecule has 1 fully saturated rings. The standard InChI is InChI=1S/C14H18F3NO/c15-14(16,17)19-13-7-2-1-6-12(13)9-11-5-3-4-8-18-10-11/h1-2,6-7,11,18H,3-5,8-10H2/t11-/m0/s1. The van der Waals surface area contributed by atoms with Crippen LogP contribution in [0, 0.1) is 5.92 Å². The first-order valence-electron chi connectivity index (χ1n) is 6.59. The Hall–Kier alpha value is -1.23. The molecule has 0 amide bonds. The molecule has 0 aromatic heterocycles. The first-order chi connectivity index (χ1) is 9.04. The third-order valence-corrected chi connectivity index (χ3v) is 3.36. The molecule has 0 bridgehead atoms. The van der Waals surface area contributed by atoms with E-state index >= 15 is 0 Å². The van der Waals surface area contributed by atoms with E-state index in [1.54, 1.807) is 18.2 Å². The number of benzene rings is 1. The quantitative estimate of drug-likeness (QED) is 0.909. The van der Waals surface area contributed by atoms with Gasteiger partial charge in [-0.3, -0.25) is 0 Å². The average Bonchev–Trinajstić information content (AvgIpc) is 2.58. The lowest BCUT2D eigenvalue weighted by atomic mass is 9.94. The SMILES string of the molecule is FC(F)(F)Oc1ccccc1C[C@@H]1CCCCNC1. The lowest BCUT2D eigenvalue weighted by Gasteiger charge is -2.17. The van der Waals surface area contributed by atoms with Gasteiger partial charge in [0.1, 0.15) is 5.75 Å². The van der Waals surface area contributed by atoms with E-state index in [1.807, 2.05) is 0 Å². The van der Waals surface area contributed by atoms with Crippen LogP contribution in [0.3, 0.4) is 0 Å². The fourth-order valence-corrected chi connectivity index (χ4v) is 2.47. The number of halogens is 3. The van der Waals surface area contributed by atoms with Gasteiger partial charge in [-0.25, -0.2) is 0 Å². The molecule has 0 radical (unpaired) electrons. The van der Waals surface area contributed by atoms with Gasteiger partial charge in [0.15, 0.2) is 0 Å².